The molecular weight excluding hydrogens is 252 g/mol. The molecule has 0 radical (unpaired) electrons. The fourth-order valence-electron chi connectivity index (χ4n) is 0.951. The minimum atomic E-state index is -0.814. The first-order valence-electron chi connectivity index (χ1n) is 5.50. The summed E-state index contributed by atoms with van der Waals surface area (Å²) in [4.78, 5) is 33.2. The minimum Gasteiger partial charge on any atom is -0.462 e. The lowest BCUT2D eigenvalue weighted by Crippen LogP contribution is -2.25. The molecule has 0 bridgehead atoms. The summed E-state index contributed by atoms with van der Waals surface area (Å²) in [6.45, 7) is 5.99. The Labute approximate surface area is 111 Å². The van der Waals surface area contributed by atoms with Crippen molar-refractivity contribution in [1.29, 1.82) is 0 Å². The van der Waals surface area contributed by atoms with E-state index in [9.17, 15) is 14.4 Å². The van der Waals surface area contributed by atoms with Crippen LogP contribution in [-0.2, 0) is 28.6 Å². The number of rotatable bonds is 7. The van der Waals surface area contributed by atoms with Gasteiger partial charge in [0.15, 0.2) is 12.2 Å². The number of terminal acetylenes is 1. The predicted molar refractivity (Wildman–Crippen MR) is 65.7 cm³/mol. The minimum absolute atomic E-state index is 0.152. The van der Waals surface area contributed by atoms with Crippen LogP contribution in [0.15, 0.2) is 12.7 Å². The van der Waals surface area contributed by atoms with Crippen molar-refractivity contribution in [3.05, 3.63) is 12.7 Å². The second-order valence-corrected chi connectivity index (χ2v) is 3.54. The highest BCUT2D eigenvalue weighted by atomic mass is 16.6. The summed E-state index contributed by atoms with van der Waals surface area (Å²) in [5.41, 5.74) is 0. The quantitative estimate of drug-likeness (QED) is 0.221. The Morgan fingerprint density at radius 3 is 2.37 bits per heavy atom. The van der Waals surface area contributed by atoms with Crippen LogP contribution < -0.4 is 0 Å². The molecular formula is C13H16O6. The van der Waals surface area contributed by atoms with Gasteiger partial charge < -0.3 is 14.2 Å². The molecule has 0 saturated heterocycles. The highest BCUT2D eigenvalue weighted by Crippen LogP contribution is 2.01. The molecule has 2 unspecified atom stereocenters. The number of ether oxygens (including phenoxy) is 3. The van der Waals surface area contributed by atoms with Crippen LogP contribution in [0.25, 0.3) is 0 Å². The van der Waals surface area contributed by atoms with Crippen LogP contribution in [0, 0.1) is 12.3 Å². The van der Waals surface area contributed by atoms with Gasteiger partial charge in [0.05, 0.1) is 0 Å². The molecule has 0 aliphatic rings. The third-order valence-corrected chi connectivity index (χ3v) is 1.83. The lowest BCUT2D eigenvalue weighted by Gasteiger charge is -2.13. The molecule has 6 nitrogen and oxygen atoms in total. The van der Waals surface area contributed by atoms with E-state index in [2.05, 4.69) is 17.2 Å². The van der Waals surface area contributed by atoms with Gasteiger partial charge in [-0.2, -0.15) is 0 Å². The Kier molecular flexibility index (Phi) is 7.70. The van der Waals surface area contributed by atoms with Gasteiger partial charge in [0.25, 0.3) is 0 Å². The van der Waals surface area contributed by atoms with Gasteiger partial charge >= 0.3 is 17.9 Å². The zero-order valence-corrected chi connectivity index (χ0v) is 10.9. The molecule has 0 amide bonds. The molecule has 6 heteroatoms. The van der Waals surface area contributed by atoms with E-state index in [0.717, 1.165) is 0 Å². The fraction of sp³-hybridized carbons (Fsp3) is 0.462. The maximum Gasteiger partial charge on any atom is 0.318 e. The van der Waals surface area contributed by atoms with Crippen molar-refractivity contribution in [1.82, 2.24) is 0 Å². The molecule has 0 aromatic rings. The molecule has 0 saturated carbocycles. The van der Waals surface area contributed by atoms with Crippen LogP contribution in [0.4, 0.5) is 0 Å². The standard InChI is InChI=1S/C13H16O6/c1-5-9(3)18-12(15)7-13(16)19-11(6-2)8-17-10(4)14/h1,6,9,11H,2,7-8H2,3-4H3. The van der Waals surface area contributed by atoms with E-state index in [1.54, 1.807) is 0 Å². The Morgan fingerprint density at radius 1 is 1.32 bits per heavy atom. The lowest BCUT2D eigenvalue weighted by molar-refractivity contribution is -0.161. The molecule has 0 fully saturated rings. The van der Waals surface area contributed by atoms with Crippen LogP contribution in [0.3, 0.4) is 0 Å². The Balaban J connectivity index is 4.13. The molecule has 0 aromatic heterocycles. The Bertz CT molecular complexity index is 392. The predicted octanol–water partition coefficient (Wildman–Crippen LogP) is 0.602. The molecule has 0 aliphatic heterocycles. The van der Waals surface area contributed by atoms with Crippen LogP contribution in [-0.4, -0.2) is 36.7 Å². The molecule has 104 valence electrons. The summed E-state index contributed by atoms with van der Waals surface area (Å²) >= 11 is 0. The largest absolute Gasteiger partial charge is 0.462 e. The van der Waals surface area contributed by atoms with Gasteiger partial charge in [0.2, 0.25) is 0 Å². The molecule has 19 heavy (non-hydrogen) atoms. The van der Waals surface area contributed by atoms with Crippen molar-refractivity contribution in [2.45, 2.75) is 32.5 Å². The van der Waals surface area contributed by atoms with Gasteiger partial charge in [0.1, 0.15) is 13.0 Å². The first kappa shape index (κ1) is 16.7. The molecule has 0 N–H and O–H groups in total. The van der Waals surface area contributed by atoms with E-state index in [-0.39, 0.29) is 6.61 Å². The summed E-state index contributed by atoms with van der Waals surface area (Å²) in [5, 5.41) is 0. The van der Waals surface area contributed by atoms with Crippen molar-refractivity contribution in [3.8, 4) is 12.3 Å². The highest BCUT2D eigenvalue weighted by molar-refractivity contribution is 5.91. The van der Waals surface area contributed by atoms with Crippen molar-refractivity contribution in [2.75, 3.05) is 6.61 Å². The number of hydrogen-bond acceptors (Lipinski definition) is 6. The molecule has 0 aliphatic carbocycles. The van der Waals surface area contributed by atoms with E-state index < -0.39 is 36.5 Å². The molecule has 0 rings (SSSR count). The van der Waals surface area contributed by atoms with Gasteiger partial charge in [-0.25, -0.2) is 0 Å². The zero-order chi connectivity index (χ0) is 14.8. The van der Waals surface area contributed by atoms with Crippen molar-refractivity contribution >= 4 is 17.9 Å². The topological polar surface area (TPSA) is 78.9 Å². The van der Waals surface area contributed by atoms with E-state index in [0.29, 0.717) is 0 Å². The second kappa shape index (κ2) is 8.75. The third-order valence-electron chi connectivity index (χ3n) is 1.83. The SMILES string of the molecule is C#CC(C)OC(=O)CC(=O)OC(C=C)COC(C)=O. The maximum absolute atomic E-state index is 11.4. The highest BCUT2D eigenvalue weighted by Gasteiger charge is 2.18. The van der Waals surface area contributed by atoms with E-state index >= 15 is 0 Å². The molecule has 0 aromatic carbocycles. The van der Waals surface area contributed by atoms with Gasteiger partial charge in [-0.05, 0) is 13.0 Å². The van der Waals surface area contributed by atoms with E-state index in [1.165, 1.54) is 19.9 Å². The van der Waals surface area contributed by atoms with Gasteiger partial charge in [-0.15, -0.1) is 6.42 Å². The maximum atomic E-state index is 11.4. The average molecular weight is 268 g/mol. The monoisotopic (exact) mass is 268 g/mol. The number of carbonyl (C=O) groups excluding carboxylic acids is 3. The zero-order valence-electron chi connectivity index (χ0n) is 10.9. The van der Waals surface area contributed by atoms with E-state index in [1.807, 2.05) is 0 Å². The fourth-order valence-corrected chi connectivity index (χ4v) is 0.951. The van der Waals surface area contributed by atoms with Crippen molar-refractivity contribution in [3.63, 3.8) is 0 Å². The summed E-state index contributed by atoms with van der Waals surface area (Å²) in [6.07, 6.45) is 4.21. The first-order chi connectivity index (χ1) is 8.88. The molecule has 2 atom stereocenters. The molecule has 0 spiro atoms. The number of esters is 3. The van der Waals surface area contributed by atoms with Crippen LogP contribution in [0.2, 0.25) is 0 Å². The van der Waals surface area contributed by atoms with Crippen molar-refractivity contribution in [2.24, 2.45) is 0 Å². The van der Waals surface area contributed by atoms with Gasteiger partial charge in [-0.1, -0.05) is 12.5 Å². The molecule has 0 heterocycles. The lowest BCUT2D eigenvalue weighted by atomic mass is 10.3. The number of hydrogen-bond donors (Lipinski definition) is 0. The van der Waals surface area contributed by atoms with Gasteiger partial charge in [-0.3, -0.25) is 14.4 Å². The summed E-state index contributed by atoms with van der Waals surface area (Å²) in [5.74, 6) is 0.0759. The normalized spacial score (nSPS) is 12.5. The van der Waals surface area contributed by atoms with Crippen LogP contribution >= 0.6 is 0 Å². The summed E-state index contributed by atoms with van der Waals surface area (Å²) in [7, 11) is 0. The Hall–Kier alpha value is -2.29. The Morgan fingerprint density at radius 2 is 1.89 bits per heavy atom. The number of carbonyl (C=O) groups is 3. The van der Waals surface area contributed by atoms with Crippen LogP contribution in [0.1, 0.15) is 20.3 Å². The summed E-state index contributed by atoms with van der Waals surface area (Å²) in [6, 6.07) is 0. The van der Waals surface area contributed by atoms with E-state index in [4.69, 9.17) is 15.9 Å². The third kappa shape index (κ3) is 8.44. The second-order valence-electron chi connectivity index (χ2n) is 3.54. The summed E-state index contributed by atoms with van der Waals surface area (Å²) < 4.78 is 14.2. The van der Waals surface area contributed by atoms with Crippen LogP contribution in [0.5, 0.6) is 0 Å². The average Bonchev–Trinajstić information content (AvgIpc) is 2.33. The van der Waals surface area contributed by atoms with Crippen molar-refractivity contribution < 1.29 is 28.6 Å². The smallest absolute Gasteiger partial charge is 0.318 e. The van der Waals surface area contributed by atoms with Gasteiger partial charge in [0, 0.05) is 6.92 Å². The first-order valence-corrected chi connectivity index (χ1v) is 5.50.